The molecule has 4 N–H and O–H groups in total. The largest absolute Gasteiger partial charge is 0.397 e. The van der Waals surface area contributed by atoms with Crippen LogP contribution in [0.1, 0.15) is 5.56 Å². The molecule has 0 atom stereocenters. The fraction of sp³-hybridized carbons (Fsp3) is 0.0714. The molecule has 2 aromatic carbocycles. The van der Waals surface area contributed by atoms with E-state index < -0.39 is 0 Å². The normalized spacial score (nSPS) is 10.0. The van der Waals surface area contributed by atoms with Gasteiger partial charge in [-0.2, -0.15) is 5.26 Å². The number of nitrogens with zero attached hydrogens (tertiary/aromatic N) is 2. The quantitative estimate of drug-likeness (QED) is 0.500. The molecule has 0 aliphatic carbocycles. The minimum Gasteiger partial charge on any atom is -0.397 e. The predicted molar refractivity (Wildman–Crippen MR) is 78.6 cm³/mol. The number of anilines is 2. The van der Waals surface area contributed by atoms with Crippen LogP contribution in [-0.2, 0) is 0 Å². The van der Waals surface area contributed by atoms with Crippen molar-refractivity contribution in [2.75, 3.05) is 17.8 Å². The van der Waals surface area contributed by atoms with E-state index in [1.54, 1.807) is 25.2 Å². The third kappa shape index (κ3) is 2.34. The first kappa shape index (κ1) is 13.2. The van der Waals surface area contributed by atoms with Crippen LogP contribution in [0.25, 0.3) is 11.1 Å². The summed E-state index contributed by atoms with van der Waals surface area (Å²) in [6.07, 6.45) is 0. The number of hydrogen-bond acceptors (Lipinski definition) is 4. The molecule has 5 heteroatoms. The number of rotatable bonds is 2. The SMILES string of the molecule is CN(N)c1c(N)ccc(-c2ccccc2Cl)c1C#N. The van der Waals surface area contributed by atoms with Gasteiger partial charge in [-0.15, -0.1) is 0 Å². The zero-order valence-electron chi connectivity index (χ0n) is 10.4. The summed E-state index contributed by atoms with van der Waals surface area (Å²) in [4.78, 5) is 0. The van der Waals surface area contributed by atoms with Gasteiger partial charge in [0.05, 0.1) is 16.9 Å². The molecule has 96 valence electrons. The first-order chi connectivity index (χ1) is 9.06. The second kappa shape index (κ2) is 5.19. The van der Waals surface area contributed by atoms with Gasteiger partial charge in [0, 0.05) is 23.2 Å². The van der Waals surface area contributed by atoms with Gasteiger partial charge in [0.25, 0.3) is 0 Å². The minimum absolute atomic E-state index is 0.415. The van der Waals surface area contributed by atoms with Crippen LogP contribution in [0.15, 0.2) is 36.4 Å². The Balaban J connectivity index is 2.77. The van der Waals surface area contributed by atoms with Crippen molar-refractivity contribution in [2.45, 2.75) is 0 Å². The van der Waals surface area contributed by atoms with Gasteiger partial charge in [0.15, 0.2) is 0 Å². The maximum absolute atomic E-state index is 9.39. The van der Waals surface area contributed by atoms with Gasteiger partial charge in [-0.3, -0.25) is 0 Å². The van der Waals surface area contributed by atoms with Gasteiger partial charge in [-0.05, 0) is 12.1 Å². The molecule has 0 spiro atoms. The molecular formula is C14H13ClN4. The lowest BCUT2D eigenvalue weighted by molar-refractivity contribution is 1.02. The van der Waals surface area contributed by atoms with Crippen molar-refractivity contribution in [3.05, 3.63) is 47.0 Å². The first-order valence-corrected chi connectivity index (χ1v) is 6.00. The highest BCUT2D eigenvalue weighted by molar-refractivity contribution is 6.33. The fourth-order valence-electron chi connectivity index (χ4n) is 2.00. The van der Waals surface area contributed by atoms with E-state index in [4.69, 9.17) is 23.2 Å². The van der Waals surface area contributed by atoms with Gasteiger partial charge in [0.1, 0.15) is 6.07 Å². The minimum atomic E-state index is 0.415. The maximum atomic E-state index is 9.39. The van der Waals surface area contributed by atoms with Gasteiger partial charge >= 0.3 is 0 Å². The van der Waals surface area contributed by atoms with E-state index in [-0.39, 0.29) is 0 Å². The molecule has 0 bridgehead atoms. The van der Waals surface area contributed by atoms with Crippen LogP contribution < -0.4 is 16.6 Å². The lowest BCUT2D eigenvalue weighted by Gasteiger charge is -2.19. The lowest BCUT2D eigenvalue weighted by Crippen LogP contribution is -2.27. The third-order valence-electron chi connectivity index (χ3n) is 2.84. The summed E-state index contributed by atoms with van der Waals surface area (Å²) in [6, 6.07) is 13.0. The van der Waals surface area contributed by atoms with Crippen LogP contribution in [0.4, 0.5) is 11.4 Å². The predicted octanol–water partition coefficient (Wildman–Crippen LogP) is 2.77. The third-order valence-corrected chi connectivity index (χ3v) is 3.17. The monoisotopic (exact) mass is 272 g/mol. The molecule has 0 aliphatic heterocycles. The Hall–Kier alpha value is -2.22. The van der Waals surface area contributed by atoms with Crippen LogP contribution in [-0.4, -0.2) is 7.05 Å². The highest BCUT2D eigenvalue weighted by atomic mass is 35.5. The molecule has 2 aromatic rings. The lowest BCUT2D eigenvalue weighted by atomic mass is 9.97. The summed E-state index contributed by atoms with van der Waals surface area (Å²) in [7, 11) is 1.64. The second-order valence-corrected chi connectivity index (χ2v) is 4.54. The summed E-state index contributed by atoms with van der Waals surface area (Å²) in [5, 5.41) is 11.3. The highest BCUT2D eigenvalue weighted by Crippen LogP contribution is 2.36. The van der Waals surface area contributed by atoms with Crippen molar-refractivity contribution in [3.63, 3.8) is 0 Å². The molecule has 19 heavy (non-hydrogen) atoms. The van der Waals surface area contributed by atoms with E-state index in [0.29, 0.717) is 22.0 Å². The zero-order chi connectivity index (χ0) is 14.0. The number of nitriles is 1. The van der Waals surface area contributed by atoms with Crippen LogP contribution in [0.5, 0.6) is 0 Å². The molecule has 0 aromatic heterocycles. The van der Waals surface area contributed by atoms with Crippen LogP contribution >= 0.6 is 11.6 Å². The van der Waals surface area contributed by atoms with E-state index in [9.17, 15) is 5.26 Å². The number of hydrogen-bond donors (Lipinski definition) is 2. The van der Waals surface area contributed by atoms with Crippen molar-refractivity contribution in [2.24, 2.45) is 5.84 Å². The van der Waals surface area contributed by atoms with Crippen LogP contribution in [0.2, 0.25) is 5.02 Å². The Bertz CT molecular complexity index is 659. The topological polar surface area (TPSA) is 79.1 Å². The van der Waals surface area contributed by atoms with E-state index in [2.05, 4.69) is 6.07 Å². The summed E-state index contributed by atoms with van der Waals surface area (Å²) in [6.45, 7) is 0. The smallest absolute Gasteiger partial charge is 0.102 e. The van der Waals surface area contributed by atoms with Gasteiger partial charge in [0.2, 0.25) is 0 Å². The molecular weight excluding hydrogens is 260 g/mol. The molecule has 0 fully saturated rings. The number of benzene rings is 2. The Morgan fingerprint density at radius 3 is 2.42 bits per heavy atom. The molecule has 2 rings (SSSR count). The second-order valence-electron chi connectivity index (χ2n) is 4.13. The standard InChI is InChI=1S/C14H13ClN4/c1-19(18)14-11(8-16)9(6-7-13(14)17)10-4-2-3-5-12(10)15/h2-7H,17-18H2,1H3. The Morgan fingerprint density at radius 2 is 1.84 bits per heavy atom. The number of nitrogens with two attached hydrogens (primary N) is 2. The molecule has 0 unspecified atom stereocenters. The summed E-state index contributed by atoms with van der Waals surface area (Å²) < 4.78 is 0. The average molecular weight is 273 g/mol. The van der Waals surface area contributed by atoms with Crippen molar-refractivity contribution >= 4 is 23.0 Å². The number of halogens is 1. The van der Waals surface area contributed by atoms with Crippen molar-refractivity contribution in [1.82, 2.24) is 0 Å². The van der Waals surface area contributed by atoms with Gasteiger partial charge in [-0.1, -0.05) is 35.9 Å². The molecule has 0 heterocycles. The molecule has 0 radical (unpaired) electrons. The van der Waals surface area contributed by atoms with Crippen molar-refractivity contribution in [1.29, 1.82) is 5.26 Å². The van der Waals surface area contributed by atoms with Crippen LogP contribution in [0.3, 0.4) is 0 Å². The van der Waals surface area contributed by atoms with E-state index in [0.717, 1.165) is 11.1 Å². The van der Waals surface area contributed by atoms with E-state index in [1.807, 2.05) is 18.2 Å². The Morgan fingerprint density at radius 1 is 1.16 bits per heavy atom. The summed E-state index contributed by atoms with van der Waals surface area (Å²) >= 11 is 6.17. The van der Waals surface area contributed by atoms with Crippen molar-refractivity contribution in [3.8, 4) is 17.2 Å². The highest BCUT2D eigenvalue weighted by Gasteiger charge is 2.16. The Kier molecular flexibility index (Phi) is 3.61. The number of hydrazine groups is 1. The first-order valence-electron chi connectivity index (χ1n) is 5.62. The summed E-state index contributed by atoms with van der Waals surface area (Å²) in [5.74, 6) is 5.75. The van der Waals surface area contributed by atoms with E-state index >= 15 is 0 Å². The molecule has 0 aliphatic rings. The molecule has 0 saturated carbocycles. The van der Waals surface area contributed by atoms with Crippen LogP contribution in [0, 0.1) is 11.3 Å². The van der Waals surface area contributed by atoms with E-state index in [1.165, 1.54) is 5.01 Å². The Labute approximate surface area is 116 Å². The number of nitrogen functional groups attached to an aromatic ring is 1. The maximum Gasteiger partial charge on any atom is 0.102 e. The molecule has 0 saturated heterocycles. The zero-order valence-corrected chi connectivity index (χ0v) is 11.1. The summed E-state index contributed by atoms with van der Waals surface area (Å²) in [5.41, 5.74) is 8.75. The average Bonchev–Trinajstić information content (AvgIpc) is 2.38. The van der Waals surface area contributed by atoms with Gasteiger partial charge in [-0.25, -0.2) is 5.84 Å². The fourth-order valence-corrected chi connectivity index (χ4v) is 2.24. The molecule has 0 amide bonds. The van der Waals surface area contributed by atoms with Crippen molar-refractivity contribution < 1.29 is 0 Å². The van der Waals surface area contributed by atoms with Gasteiger partial charge < -0.3 is 10.7 Å². The molecule has 4 nitrogen and oxygen atoms in total.